The second-order valence-electron chi connectivity index (χ2n) is 10.8. The van der Waals surface area contributed by atoms with Gasteiger partial charge in [0.2, 0.25) is 0 Å². The molecule has 1 amide bonds. The van der Waals surface area contributed by atoms with Crippen LogP contribution in [-0.4, -0.2) is 45.4 Å². The van der Waals surface area contributed by atoms with Crippen molar-refractivity contribution in [3.63, 3.8) is 0 Å². The molecule has 5 atom stereocenters. The first-order valence-electron chi connectivity index (χ1n) is 12.4. The molecule has 3 heterocycles. The van der Waals surface area contributed by atoms with Crippen LogP contribution in [0.5, 0.6) is 0 Å². The van der Waals surface area contributed by atoms with Gasteiger partial charge >= 0.3 is 0 Å². The van der Waals surface area contributed by atoms with Crippen molar-refractivity contribution in [2.45, 2.75) is 75.4 Å². The Morgan fingerprint density at radius 2 is 1.97 bits per heavy atom. The van der Waals surface area contributed by atoms with E-state index in [1.807, 2.05) is 49.2 Å². The number of amides is 1. The van der Waals surface area contributed by atoms with Gasteiger partial charge in [0, 0.05) is 46.6 Å². The van der Waals surface area contributed by atoms with Crippen molar-refractivity contribution in [1.82, 2.24) is 20.2 Å². The monoisotopic (exact) mass is 474 g/mol. The van der Waals surface area contributed by atoms with Crippen LogP contribution in [0.15, 0.2) is 42.5 Å². The molecular weight excluding hydrogens is 444 g/mol. The highest BCUT2D eigenvalue weighted by molar-refractivity contribution is 6.31. The number of piperidine rings is 1. The lowest BCUT2D eigenvalue weighted by Crippen LogP contribution is -2.54. The summed E-state index contributed by atoms with van der Waals surface area (Å²) in [6, 6.07) is 14.9. The number of carbonyl (C=O) groups excluding carboxylic acids is 1. The average molecular weight is 475 g/mol. The largest absolute Gasteiger partial charge is 0.339 e. The first kappa shape index (κ1) is 22.0. The fourth-order valence-electron chi connectivity index (χ4n) is 6.37. The Labute approximate surface area is 205 Å². The maximum atomic E-state index is 13.3. The van der Waals surface area contributed by atoms with Gasteiger partial charge in [0.1, 0.15) is 5.82 Å². The summed E-state index contributed by atoms with van der Waals surface area (Å²) in [6.45, 7) is 4.24. The number of hydrogen-bond donors (Lipinski definition) is 1. The lowest BCUT2D eigenvalue weighted by molar-refractivity contribution is 0.0648. The molecule has 0 unspecified atom stereocenters. The SMILES string of the molecule is Cc1nc([C@H]2C[C@@H]2c2ccc(C(=O)N(C)[C@H]3C[C@@H]4CC[C@](C)(C3)N4)cc2Cl)c2ccccc2n1. The van der Waals surface area contributed by atoms with Gasteiger partial charge in [0.15, 0.2) is 0 Å². The fraction of sp³-hybridized carbons (Fsp3) is 0.464. The Morgan fingerprint density at radius 3 is 2.76 bits per heavy atom. The summed E-state index contributed by atoms with van der Waals surface area (Å²) in [6.07, 6.45) is 5.45. The number of hydrogen-bond acceptors (Lipinski definition) is 4. The Bertz CT molecular complexity index is 1290. The number of fused-ring (bicyclic) bond motifs is 3. The van der Waals surface area contributed by atoms with E-state index in [4.69, 9.17) is 16.6 Å². The molecule has 3 fully saturated rings. The molecular formula is C28H31ClN4O. The highest BCUT2D eigenvalue weighted by atomic mass is 35.5. The van der Waals surface area contributed by atoms with E-state index in [0.717, 1.165) is 47.2 Å². The van der Waals surface area contributed by atoms with E-state index >= 15 is 0 Å². The molecule has 3 aromatic rings. The molecule has 1 saturated carbocycles. The summed E-state index contributed by atoms with van der Waals surface area (Å²) in [5.74, 6) is 1.52. The molecule has 2 aromatic carbocycles. The molecule has 3 aliphatic rings. The van der Waals surface area contributed by atoms with Crippen molar-refractivity contribution < 1.29 is 4.79 Å². The highest BCUT2D eigenvalue weighted by Gasteiger charge is 2.45. The summed E-state index contributed by atoms with van der Waals surface area (Å²) in [7, 11) is 1.95. The number of nitrogens with one attached hydrogen (secondary N) is 1. The maximum absolute atomic E-state index is 13.3. The normalized spacial score (nSPS) is 29.9. The van der Waals surface area contributed by atoms with Crippen LogP contribution in [0.1, 0.15) is 78.3 Å². The van der Waals surface area contributed by atoms with E-state index in [9.17, 15) is 4.79 Å². The number of carbonyl (C=O) groups is 1. The second kappa shape index (κ2) is 8.03. The lowest BCUT2D eigenvalue weighted by Gasteiger charge is -2.40. The molecule has 1 N–H and O–H groups in total. The second-order valence-corrected chi connectivity index (χ2v) is 11.2. The van der Waals surface area contributed by atoms with Gasteiger partial charge < -0.3 is 10.2 Å². The van der Waals surface area contributed by atoms with Crippen molar-refractivity contribution in [3.8, 4) is 0 Å². The zero-order chi connectivity index (χ0) is 23.6. The Kier molecular flexibility index (Phi) is 5.19. The zero-order valence-corrected chi connectivity index (χ0v) is 20.8. The minimum absolute atomic E-state index is 0.0631. The molecule has 0 radical (unpaired) electrons. The van der Waals surface area contributed by atoms with E-state index in [2.05, 4.69) is 29.4 Å². The first-order valence-corrected chi connectivity index (χ1v) is 12.8. The standard InChI is InChI=1S/C28H31ClN4O/c1-16-30-25-7-5-4-6-21(25)26(31-16)23-14-22(23)20-9-8-17(12-24(20)29)27(34)33(3)19-13-18-10-11-28(2,15-19)32-18/h4-9,12,18-19,22-23,32H,10-11,13-15H2,1-3H3/t18-,19-,22+,23-,28+/m0/s1. The van der Waals surface area contributed by atoms with Gasteiger partial charge in [-0.25, -0.2) is 9.97 Å². The number of para-hydroxylation sites is 1. The van der Waals surface area contributed by atoms with E-state index in [-0.39, 0.29) is 17.5 Å². The number of halogens is 1. The number of aryl methyl sites for hydroxylation is 1. The van der Waals surface area contributed by atoms with E-state index in [0.29, 0.717) is 28.5 Å². The summed E-state index contributed by atoms with van der Waals surface area (Å²) in [5.41, 5.74) is 4.05. The average Bonchev–Trinajstić information content (AvgIpc) is 3.56. The van der Waals surface area contributed by atoms with Gasteiger partial charge in [-0.1, -0.05) is 35.9 Å². The Hall–Kier alpha value is -2.50. The molecule has 34 heavy (non-hydrogen) atoms. The van der Waals surface area contributed by atoms with Gasteiger partial charge in [-0.2, -0.15) is 0 Å². The topological polar surface area (TPSA) is 58.1 Å². The van der Waals surface area contributed by atoms with E-state index in [1.165, 1.54) is 12.8 Å². The molecule has 6 heteroatoms. The fourth-order valence-corrected chi connectivity index (χ4v) is 6.69. The lowest BCUT2D eigenvalue weighted by atomic mass is 9.88. The van der Waals surface area contributed by atoms with Crippen LogP contribution in [0.25, 0.3) is 10.9 Å². The quantitative estimate of drug-likeness (QED) is 0.534. The zero-order valence-electron chi connectivity index (χ0n) is 20.0. The third-order valence-corrected chi connectivity index (χ3v) is 8.57. The number of rotatable bonds is 4. The van der Waals surface area contributed by atoms with Crippen LogP contribution in [0, 0.1) is 6.92 Å². The molecule has 6 rings (SSSR count). The van der Waals surface area contributed by atoms with Crippen LogP contribution in [-0.2, 0) is 0 Å². The third kappa shape index (κ3) is 3.79. The van der Waals surface area contributed by atoms with Gasteiger partial charge in [-0.3, -0.25) is 4.79 Å². The minimum Gasteiger partial charge on any atom is -0.339 e. The van der Waals surface area contributed by atoms with Crippen molar-refractivity contribution >= 4 is 28.4 Å². The van der Waals surface area contributed by atoms with E-state index < -0.39 is 0 Å². The van der Waals surface area contributed by atoms with Crippen LogP contribution >= 0.6 is 11.6 Å². The molecule has 2 bridgehead atoms. The molecule has 2 saturated heterocycles. The first-order chi connectivity index (χ1) is 16.3. The smallest absolute Gasteiger partial charge is 0.253 e. The number of nitrogens with zero attached hydrogens (tertiary/aromatic N) is 3. The summed E-state index contributed by atoms with van der Waals surface area (Å²) in [5, 5.41) is 5.53. The molecule has 0 spiro atoms. The molecule has 2 aliphatic heterocycles. The van der Waals surface area contributed by atoms with Gasteiger partial charge in [-0.15, -0.1) is 0 Å². The Balaban J connectivity index is 1.21. The predicted molar refractivity (Wildman–Crippen MR) is 136 cm³/mol. The molecule has 176 valence electrons. The Morgan fingerprint density at radius 1 is 1.15 bits per heavy atom. The maximum Gasteiger partial charge on any atom is 0.253 e. The number of benzene rings is 2. The van der Waals surface area contributed by atoms with E-state index in [1.54, 1.807) is 0 Å². The molecule has 1 aromatic heterocycles. The van der Waals surface area contributed by atoms with Crippen LogP contribution in [0.3, 0.4) is 0 Å². The predicted octanol–water partition coefficient (Wildman–Crippen LogP) is 5.61. The van der Waals surface area contributed by atoms with Gasteiger partial charge in [0.05, 0.1) is 11.2 Å². The van der Waals surface area contributed by atoms with Crippen molar-refractivity contribution in [2.75, 3.05) is 7.05 Å². The minimum atomic E-state index is 0.0631. The summed E-state index contributed by atoms with van der Waals surface area (Å²) in [4.78, 5) is 24.6. The molecule has 5 nitrogen and oxygen atoms in total. The van der Waals surface area contributed by atoms with Gasteiger partial charge in [0.25, 0.3) is 5.91 Å². The third-order valence-electron chi connectivity index (χ3n) is 8.24. The van der Waals surface area contributed by atoms with Crippen LogP contribution < -0.4 is 5.32 Å². The van der Waals surface area contributed by atoms with Crippen LogP contribution in [0.2, 0.25) is 5.02 Å². The summed E-state index contributed by atoms with van der Waals surface area (Å²) >= 11 is 6.77. The highest BCUT2D eigenvalue weighted by Crippen LogP contribution is 2.56. The number of aromatic nitrogens is 2. The summed E-state index contributed by atoms with van der Waals surface area (Å²) < 4.78 is 0. The van der Waals surface area contributed by atoms with Crippen molar-refractivity contribution in [1.29, 1.82) is 0 Å². The van der Waals surface area contributed by atoms with Crippen molar-refractivity contribution in [2.24, 2.45) is 0 Å². The van der Waals surface area contributed by atoms with Crippen LogP contribution in [0.4, 0.5) is 0 Å². The molecule has 1 aliphatic carbocycles. The van der Waals surface area contributed by atoms with Crippen molar-refractivity contribution in [3.05, 3.63) is 70.1 Å². The van der Waals surface area contributed by atoms with Gasteiger partial charge in [-0.05, 0) is 75.6 Å².